The molecule has 3 nitrogen and oxygen atoms in total. The Morgan fingerprint density at radius 3 is 2.50 bits per heavy atom. The lowest BCUT2D eigenvalue weighted by atomic mass is 9.96. The summed E-state index contributed by atoms with van der Waals surface area (Å²) in [6, 6.07) is 0.752. The van der Waals surface area contributed by atoms with Crippen LogP contribution in [0.25, 0.3) is 0 Å². The van der Waals surface area contributed by atoms with Crippen molar-refractivity contribution in [2.45, 2.75) is 18.7 Å². The topological polar surface area (TPSA) is 59.1 Å². The number of hydrogen-bond acceptors (Lipinski definition) is 3. The quantitative estimate of drug-likeness (QED) is 0.793. The number of rotatable bonds is 2. The summed E-state index contributed by atoms with van der Waals surface area (Å²) in [5, 5.41) is 9.56. The molecule has 0 aliphatic heterocycles. The number of nitrogens with two attached hydrogens (primary N) is 1. The standard InChI is InChI=1S/C9H10ClF3N2O/c1-8(16,4-14)6-2-5(9(11,12)13)3-15-7(6)10/h2-3,16H,4,14H2,1H3. The highest BCUT2D eigenvalue weighted by molar-refractivity contribution is 6.30. The minimum absolute atomic E-state index is 0.133. The first-order chi connectivity index (χ1) is 7.18. The van der Waals surface area contributed by atoms with Crippen molar-refractivity contribution in [3.8, 4) is 0 Å². The Labute approximate surface area is 95.0 Å². The van der Waals surface area contributed by atoms with Gasteiger partial charge in [-0.05, 0) is 13.0 Å². The fraction of sp³-hybridized carbons (Fsp3) is 0.444. The third kappa shape index (κ3) is 2.63. The summed E-state index contributed by atoms with van der Waals surface area (Å²) in [7, 11) is 0. The molecule has 0 aliphatic rings. The molecular weight excluding hydrogens is 245 g/mol. The first kappa shape index (κ1) is 13.2. The van der Waals surface area contributed by atoms with Gasteiger partial charge >= 0.3 is 6.18 Å². The Morgan fingerprint density at radius 2 is 2.06 bits per heavy atom. The fourth-order valence-electron chi connectivity index (χ4n) is 1.09. The lowest BCUT2D eigenvalue weighted by Gasteiger charge is -2.23. The number of pyridine rings is 1. The maximum atomic E-state index is 12.4. The molecule has 0 radical (unpaired) electrons. The van der Waals surface area contributed by atoms with E-state index in [1.54, 1.807) is 0 Å². The van der Waals surface area contributed by atoms with Crippen molar-refractivity contribution in [1.29, 1.82) is 0 Å². The average molecular weight is 255 g/mol. The number of aliphatic hydroxyl groups is 1. The second-order valence-corrected chi connectivity index (χ2v) is 3.90. The van der Waals surface area contributed by atoms with E-state index in [4.69, 9.17) is 17.3 Å². The molecule has 16 heavy (non-hydrogen) atoms. The lowest BCUT2D eigenvalue weighted by Crippen LogP contribution is -2.32. The molecule has 0 bridgehead atoms. The third-order valence-electron chi connectivity index (χ3n) is 2.14. The van der Waals surface area contributed by atoms with E-state index < -0.39 is 17.3 Å². The molecule has 0 saturated heterocycles. The highest BCUT2D eigenvalue weighted by Gasteiger charge is 2.34. The highest BCUT2D eigenvalue weighted by atomic mass is 35.5. The van der Waals surface area contributed by atoms with Crippen LogP contribution in [-0.2, 0) is 11.8 Å². The number of alkyl halides is 3. The van der Waals surface area contributed by atoms with Crippen LogP contribution in [0.15, 0.2) is 12.3 Å². The van der Waals surface area contributed by atoms with E-state index in [1.807, 2.05) is 0 Å². The first-order valence-corrected chi connectivity index (χ1v) is 4.72. The summed E-state index contributed by atoms with van der Waals surface area (Å²) in [5.74, 6) is 0. The van der Waals surface area contributed by atoms with Crippen molar-refractivity contribution in [1.82, 2.24) is 4.98 Å². The monoisotopic (exact) mass is 254 g/mol. The number of halogens is 4. The Balaban J connectivity index is 3.30. The minimum atomic E-state index is -4.53. The van der Waals surface area contributed by atoms with Crippen molar-refractivity contribution >= 4 is 11.6 Å². The third-order valence-corrected chi connectivity index (χ3v) is 2.45. The number of nitrogens with zero attached hydrogens (tertiary/aromatic N) is 1. The van der Waals surface area contributed by atoms with Gasteiger partial charge in [-0.1, -0.05) is 11.6 Å². The SMILES string of the molecule is CC(O)(CN)c1cc(C(F)(F)F)cnc1Cl. The summed E-state index contributed by atoms with van der Waals surface area (Å²) in [6.07, 6.45) is -3.92. The van der Waals surface area contributed by atoms with Crippen molar-refractivity contribution in [3.63, 3.8) is 0 Å². The molecule has 0 saturated carbocycles. The van der Waals surface area contributed by atoms with E-state index in [1.165, 1.54) is 6.92 Å². The molecular formula is C9H10ClF3N2O. The maximum Gasteiger partial charge on any atom is 0.417 e. The van der Waals surface area contributed by atoms with E-state index in [2.05, 4.69) is 4.98 Å². The highest BCUT2D eigenvalue weighted by Crippen LogP contribution is 2.33. The maximum absolute atomic E-state index is 12.4. The van der Waals surface area contributed by atoms with Crippen LogP contribution in [0.2, 0.25) is 5.15 Å². The zero-order valence-corrected chi connectivity index (χ0v) is 9.10. The fourth-order valence-corrected chi connectivity index (χ4v) is 1.40. The van der Waals surface area contributed by atoms with E-state index in [9.17, 15) is 18.3 Å². The zero-order chi connectivity index (χ0) is 12.6. The second kappa shape index (κ2) is 4.20. The summed E-state index contributed by atoms with van der Waals surface area (Å²) in [4.78, 5) is 3.39. The normalized spacial score (nSPS) is 15.9. The van der Waals surface area contributed by atoms with Crippen LogP contribution in [0.3, 0.4) is 0 Å². The molecule has 90 valence electrons. The molecule has 0 amide bonds. The smallest absolute Gasteiger partial charge is 0.384 e. The number of aromatic nitrogens is 1. The molecule has 1 aromatic heterocycles. The summed E-state index contributed by atoms with van der Waals surface area (Å²) in [5.41, 5.74) is 2.51. The van der Waals surface area contributed by atoms with Crippen molar-refractivity contribution < 1.29 is 18.3 Å². The molecule has 1 unspecified atom stereocenters. The Hall–Kier alpha value is -0.850. The van der Waals surface area contributed by atoms with Crippen LogP contribution in [0.1, 0.15) is 18.1 Å². The molecule has 0 aromatic carbocycles. The summed E-state index contributed by atoms with van der Waals surface area (Å²) >= 11 is 5.62. The zero-order valence-electron chi connectivity index (χ0n) is 8.35. The van der Waals surface area contributed by atoms with Crippen LogP contribution in [0.5, 0.6) is 0 Å². The Morgan fingerprint density at radius 1 is 1.50 bits per heavy atom. The number of hydrogen-bond donors (Lipinski definition) is 2. The van der Waals surface area contributed by atoms with Gasteiger partial charge in [0.2, 0.25) is 0 Å². The van der Waals surface area contributed by atoms with Crippen LogP contribution in [0.4, 0.5) is 13.2 Å². The van der Waals surface area contributed by atoms with Gasteiger partial charge in [0.05, 0.1) is 5.56 Å². The Bertz CT molecular complexity index is 393. The minimum Gasteiger partial charge on any atom is -0.384 e. The van der Waals surface area contributed by atoms with Crippen LogP contribution in [0, 0.1) is 0 Å². The van der Waals surface area contributed by atoms with Crippen LogP contribution >= 0.6 is 11.6 Å². The van der Waals surface area contributed by atoms with Gasteiger partial charge < -0.3 is 10.8 Å². The molecule has 3 N–H and O–H groups in total. The molecule has 1 atom stereocenters. The second-order valence-electron chi connectivity index (χ2n) is 3.54. The van der Waals surface area contributed by atoms with Crippen LogP contribution < -0.4 is 5.73 Å². The summed E-state index contributed by atoms with van der Waals surface area (Å²) in [6.45, 7) is 1.02. The van der Waals surface area contributed by atoms with Gasteiger partial charge in [-0.25, -0.2) is 4.98 Å². The molecule has 1 aromatic rings. The van der Waals surface area contributed by atoms with E-state index in [0.29, 0.717) is 6.20 Å². The first-order valence-electron chi connectivity index (χ1n) is 4.34. The largest absolute Gasteiger partial charge is 0.417 e. The molecule has 1 heterocycles. The van der Waals surface area contributed by atoms with Crippen molar-refractivity contribution in [2.75, 3.05) is 6.54 Å². The molecule has 0 spiro atoms. The van der Waals surface area contributed by atoms with Gasteiger partial charge in [-0.15, -0.1) is 0 Å². The van der Waals surface area contributed by atoms with Gasteiger partial charge in [0.1, 0.15) is 10.8 Å². The van der Waals surface area contributed by atoms with Crippen molar-refractivity contribution in [3.05, 3.63) is 28.5 Å². The van der Waals surface area contributed by atoms with Gasteiger partial charge in [-0.3, -0.25) is 0 Å². The van der Waals surface area contributed by atoms with E-state index in [-0.39, 0.29) is 17.3 Å². The van der Waals surface area contributed by atoms with Gasteiger partial charge in [-0.2, -0.15) is 13.2 Å². The molecule has 0 fully saturated rings. The average Bonchev–Trinajstić information content (AvgIpc) is 2.16. The van der Waals surface area contributed by atoms with E-state index >= 15 is 0 Å². The molecule has 0 aliphatic carbocycles. The van der Waals surface area contributed by atoms with Crippen LogP contribution in [-0.4, -0.2) is 16.6 Å². The summed E-state index contributed by atoms with van der Waals surface area (Å²) < 4.78 is 37.2. The molecule has 1 rings (SSSR count). The van der Waals surface area contributed by atoms with Gasteiger partial charge in [0, 0.05) is 18.3 Å². The van der Waals surface area contributed by atoms with Gasteiger partial charge in [0.15, 0.2) is 0 Å². The lowest BCUT2D eigenvalue weighted by molar-refractivity contribution is -0.138. The predicted octanol–water partition coefficient (Wildman–Crippen LogP) is 1.92. The van der Waals surface area contributed by atoms with E-state index in [0.717, 1.165) is 6.07 Å². The van der Waals surface area contributed by atoms with Crippen molar-refractivity contribution in [2.24, 2.45) is 5.73 Å². The predicted molar refractivity (Wildman–Crippen MR) is 52.9 cm³/mol. The Kier molecular flexibility index (Phi) is 3.47. The molecule has 7 heteroatoms. The van der Waals surface area contributed by atoms with Gasteiger partial charge in [0.25, 0.3) is 0 Å².